The first-order valence-corrected chi connectivity index (χ1v) is 10.1. The van der Waals surface area contributed by atoms with Crippen molar-refractivity contribution >= 4 is 29.0 Å². The molecule has 8 nitrogen and oxygen atoms in total. The molecule has 0 unspecified atom stereocenters. The monoisotopic (exact) mass is 417 g/mol. The molecule has 0 saturated heterocycles. The number of nitrogen functional groups attached to an aromatic ring is 1. The normalized spacial score (nSPS) is 15.7. The zero-order valence-electron chi connectivity index (χ0n) is 17.2. The first kappa shape index (κ1) is 20.6. The van der Waals surface area contributed by atoms with Gasteiger partial charge in [-0.05, 0) is 43.2 Å². The molecule has 31 heavy (non-hydrogen) atoms. The van der Waals surface area contributed by atoms with Crippen molar-refractivity contribution in [1.82, 2.24) is 19.5 Å². The van der Waals surface area contributed by atoms with E-state index in [1.807, 2.05) is 35.9 Å². The molecular formula is C23H23N5O3. The second kappa shape index (κ2) is 8.20. The van der Waals surface area contributed by atoms with Crippen LogP contribution in [0.1, 0.15) is 43.5 Å². The fourth-order valence-electron chi connectivity index (χ4n) is 3.74. The summed E-state index contributed by atoms with van der Waals surface area (Å²) in [4.78, 5) is 24.0. The topological polar surface area (TPSA) is 127 Å². The van der Waals surface area contributed by atoms with Crippen molar-refractivity contribution in [2.45, 2.75) is 37.7 Å². The van der Waals surface area contributed by atoms with E-state index in [-0.39, 0.29) is 11.6 Å². The van der Waals surface area contributed by atoms with Crippen LogP contribution < -0.4 is 5.73 Å². The number of hydrogen-bond donors (Lipinski definition) is 3. The molecule has 0 radical (unpaired) electrons. The molecule has 1 aliphatic carbocycles. The van der Waals surface area contributed by atoms with Gasteiger partial charge in [0.05, 0.1) is 0 Å². The van der Waals surface area contributed by atoms with Crippen molar-refractivity contribution in [3.63, 3.8) is 0 Å². The van der Waals surface area contributed by atoms with Gasteiger partial charge in [-0.3, -0.25) is 0 Å². The van der Waals surface area contributed by atoms with Crippen LogP contribution in [0.2, 0.25) is 0 Å². The van der Waals surface area contributed by atoms with Crippen LogP contribution in [0.5, 0.6) is 0 Å². The number of imidazole rings is 1. The Hall–Kier alpha value is -3.70. The standard InChI is InChI=1S/C23H23N5O3/c1-28-21(16-8-5-15(6-9-16)7-10-18(29)30)27-19-20(24)25-17(26-22(19)28)11-14-23(31)12-3-2-4-13-23/h5-10,31H,2-4,12-13H2,1H3,(H,29,30)(H2,24,25,26). The van der Waals surface area contributed by atoms with Gasteiger partial charge in [-0.15, -0.1) is 0 Å². The molecule has 2 heterocycles. The van der Waals surface area contributed by atoms with Crippen molar-refractivity contribution in [1.29, 1.82) is 0 Å². The Morgan fingerprint density at radius 1 is 1.16 bits per heavy atom. The maximum absolute atomic E-state index is 10.7. The number of rotatable bonds is 3. The summed E-state index contributed by atoms with van der Waals surface area (Å²) in [5, 5.41) is 19.3. The van der Waals surface area contributed by atoms with Gasteiger partial charge in [-0.2, -0.15) is 0 Å². The van der Waals surface area contributed by atoms with Crippen molar-refractivity contribution < 1.29 is 15.0 Å². The van der Waals surface area contributed by atoms with E-state index in [4.69, 9.17) is 10.8 Å². The molecule has 0 aliphatic heterocycles. The maximum Gasteiger partial charge on any atom is 0.328 e. The number of carboxylic acids is 1. The first-order chi connectivity index (χ1) is 14.8. The molecule has 1 aliphatic rings. The quantitative estimate of drug-likeness (QED) is 0.442. The van der Waals surface area contributed by atoms with E-state index in [2.05, 4.69) is 26.8 Å². The molecule has 158 valence electrons. The summed E-state index contributed by atoms with van der Waals surface area (Å²) >= 11 is 0. The van der Waals surface area contributed by atoms with Crippen LogP contribution in [-0.4, -0.2) is 41.3 Å². The molecule has 8 heteroatoms. The molecule has 0 atom stereocenters. The number of carbonyl (C=O) groups is 1. The second-order valence-electron chi connectivity index (χ2n) is 7.73. The van der Waals surface area contributed by atoms with Gasteiger partial charge >= 0.3 is 5.97 Å². The Morgan fingerprint density at radius 3 is 2.55 bits per heavy atom. The molecule has 1 saturated carbocycles. The van der Waals surface area contributed by atoms with E-state index in [9.17, 15) is 9.90 Å². The molecule has 0 spiro atoms. The Kier molecular flexibility index (Phi) is 5.44. The third-order valence-corrected chi connectivity index (χ3v) is 5.42. The largest absolute Gasteiger partial charge is 0.478 e. The number of aliphatic carboxylic acids is 1. The summed E-state index contributed by atoms with van der Waals surface area (Å²) in [7, 11) is 1.83. The number of benzene rings is 1. The number of anilines is 1. The summed E-state index contributed by atoms with van der Waals surface area (Å²) in [5.41, 5.74) is 7.77. The van der Waals surface area contributed by atoms with Crippen LogP contribution in [0.25, 0.3) is 28.6 Å². The lowest BCUT2D eigenvalue weighted by Crippen LogP contribution is -2.29. The summed E-state index contributed by atoms with van der Waals surface area (Å²) in [6, 6.07) is 7.33. The molecule has 2 aromatic heterocycles. The third-order valence-electron chi connectivity index (χ3n) is 5.42. The van der Waals surface area contributed by atoms with Crippen LogP contribution in [0.15, 0.2) is 30.3 Å². The van der Waals surface area contributed by atoms with Crippen LogP contribution in [-0.2, 0) is 11.8 Å². The van der Waals surface area contributed by atoms with Crippen LogP contribution in [0.4, 0.5) is 5.82 Å². The highest BCUT2D eigenvalue weighted by Gasteiger charge is 2.26. The predicted octanol–water partition coefficient (Wildman–Crippen LogP) is 2.76. The number of hydrogen-bond acceptors (Lipinski definition) is 6. The SMILES string of the molecule is Cn1c(-c2ccc(C=CC(=O)O)cc2)nc2c(N)nc(C#CC3(O)CCCCC3)nc21. The zero-order valence-corrected chi connectivity index (χ0v) is 17.2. The molecule has 1 aromatic carbocycles. The lowest BCUT2D eigenvalue weighted by Gasteiger charge is -2.26. The Balaban J connectivity index is 1.68. The smallest absolute Gasteiger partial charge is 0.328 e. The lowest BCUT2D eigenvalue weighted by atomic mass is 9.85. The van der Waals surface area contributed by atoms with Gasteiger partial charge in [-0.25, -0.2) is 19.7 Å². The minimum atomic E-state index is -0.997. The number of aliphatic hydroxyl groups is 1. The third kappa shape index (κ3) is 4.42. The fraction of sp³-hybridized carbons (Fsp3) is 0.304. The van der Waals surface area contributed by atoms with Gasteiger partial charge < -0.3 is 20.5 Å². The molecule has 0 amide bonds. The molecule has 4 N–H and O–H groups in total. The minimum Gasteiger partial charge on any atom is -0.478 e. The van der Waals surface area contributed by atoms with Crippen molar-refractivity contribution in [3.8, 4) is 23.2 Å². The summed E-state index contributed by atoms with van der Waals surface area (Å²) in [5.74, 6) is 5.98. The van der Waals surface area contributed by atoms with Crippen LogP contribution in [0.3, 0.4) is 0 Å². The van der Waals surface area contributed by atoms with Crippen molar-refractivity contribution in [2.75, 3.05) is 5.73 Å². The number of nitrogens with zero attached hydrogens (tertiary/aromatic N) is 4. The fourth-order valence-corrected chi connectivity index (χ4v) is 3.74. The lowest BCUT2D eigenvalue weighted by molar-refractivity contribution is -0.131. The van der Waals surface area contributed by atoms with E-state index in [1.54, 1.807) is 0 Å². The van der Waals surface area contributed by atoms with Crippen molar-refractivity contribution in [2.24, 2.45) is 7.05 Å². The number of nitrogens with two attached hydrogens (primary N) is 1. The molecule has 3 aromatic rings. The van der Waals surface area contributed by atoms with Gasteiger partial charge in [-0.1, -0.05) is 36.6 Å². The Labute approximate surface area is 179 Å². The summed E-state index contributed by atoms with van der Waals surface area (Å²) in [6.07, 6.45) is 6.97. The van der Waals surface area contributed by atoms with E-state index in [1.165, 1.54) is 6.08 Å². The Morgan fingerprint density at radius 2 is 1.87 bits per heavy atom. The van der Waals surface area contributed by atoms with Crippen molar-refractivity contribution in [3.05, 3.63) is 41.7 Å². The van der Waals surface area contributed by atoms with Crippen LogP contribution >= 0.6 is 0 Å². The number of aryl methyl sites for hydroxylation is 1. The number of fused-ring (bicyclic) bond motifs is 1. The average Bonchev–Trinajstić information content (AvgIpc) is 3.09. The predicted molar refractivity (Wildman–Crippen MR) is 118 cm³/mol. The average molecular weight is 417 g/mol. The maximum atomic E-state index is 10.7. The van der Waals surface area contributed by atoms with E-state index in [0.29, 0.717) is 29.8 Å². The first-order valence-electron chi connectivity index (χ1n) is 10.1. The van der Waals surface area contributed by atoms with Gasteiger partial charge in [0, 0.05) is 18.7 Å². The van der Waals surface area contributed by atoms with Gasteiger partial charge in [0.2, 0.25) is 5.82 Å². The van der Waals surface area contributed by atoms with Gasteiger partial charge in [0.15, 0.2) is 17.0 Å². The number of carboxylic acid groups (broad SMARTS) is 1. The summed E-state index contributed by atoms with van der Waals surface area (Å²) in [6.45, 7) is 0. The minimum absolute atomic E-state index is 0.229. The number of aromatic nitrogens is 4. The van der Waals surface area contributed by atoms with E-state index >= 15 is 0 Å². The van der Waals surface area contributed by atoms with Gasteiger partial charge in [0.1, 0.15) is 11.4 Å². The highest BCUT2D eigenvalue weighted by molar-refractivity contribution is 5.87. The molecule has 1 fully saturated rings. The zero-order chi connectivity index (χ0) is 22.0. The second-order valence-corrected chi connectivity index (χ2v) is 7.73. The Bertz CT molecular complexity index is 1230. The molecule has 4 rings (SSSR count). The van der Waals surface area contributed by atoms with Crippen LogP contribution in [0, 0.1) is 11.8 Å². The van der Waals surface area contributed by atoms with E-state index in [0.717, 1.165) is 36.5 Å². The molecular weight excluding hydrogens is 394 g/mol. The molecule has 0 bridgehead atoms. The van der Waals surface area contributed by atoms with Gasteiger partial charge in [0.25, 0.3) is 0 Å². The van der Waals surface area contributed by atoms with E-state index < -0.39 is 11.6 Å². The summed E-state index contributed by atoms with van der Waals surface area (Å²) < 4.78 is 1.82. The highest BCUT2D eigenvalue weighted by atomic mass is 16.4. The highest BCUT2D eigenvalue weighted by Crippen LogP contribution is 2.28.